The molecule has 0 radical (unpaired) electrons. The van der Waals surface area contributed by atoms with E-state index in [0.717, 1.165) is 31.2 Å². The van der Waals surface area contributed by atoms with Crippen LogP contribution in [0.5, 0.6) is 0 Å². The molecule has 126 valence electrons. The Kier molecular flexibility index (Phi) is 7.32. The summed E-state index contributed by atoms with van der Waals surface area (Å²) in [6.45, 7) is 5.38. The van der Waals surface area contributed by atoms with Crippen molar-refractivity contribution in [1.82, 2.24) is 9.62 Å². The summed E-state index contributed by atoms with van der Waals surface area (Å²) in [5, 5.41) is 3.23. The van der Waals surface area contributed by atoms with Crippen LogP contribution in [-0.2, 0) is 22.9 Å². The highest BCUT2D eigenvalue weighted by Crippen LogP contribution is 2.23. The van der Waals surface area contributed by atoms with Crippen molar-refractivity contribution in [2.75, 3.05) is 20.1 Å². The lowest BCUT2D eigenvalue weighted by atomic mass is 10.0. The maximum absolute atomic E-state index is 12.8. The van der Waals surface area contributed by atoms with Crippen LogP contribution in [0.4, 0.5) is 0 Å². The Hall–Kier alpha value is -0.620. The minimum Gasteiger partial charge on any atom is -0.317 e. The second kappa shape index (κ2) is 8.29. The van der Waals surface area contributed by atoms with E-state index < -0.39 is 10.0 Å². The Labute approximate surface area is 140 Å². The van der Waals surface area contributed by atoms with Crippen LogP contribution in [0.25, 0.3) is 0 Å². The Balaban J connectivity index is 0.00000242. The third kappa shape index (κ3) is 4.02. The van der Waals surface area contributed by atoms with E-state index in [2.05, 4.69) is 19.2 Å². The topological polar surface area (TPSA) is 49.4 Å². The van der Waals surface area contributed by atoms with E-state index in [1.807, 2.05) is 19.2 Å². The Bertz CT molecular complexity index is 582. The molecule has 2 rings (SSSR count). The molecule has 0 spiro atoms. The molecule has 22 heavy (non-hydrogen) atoms. The first-order valence-corrected chi connectivity index (χ1v) is 9.26. The molecule has 1 saturated heterocycles. The number of hydrogen-bond acceptors (Lipinski definition) is 3. The van der Waals surface area contributed by atoms with E-state index in [1.165, 1.54) is 5.56 Å². The number of halogens is 1. The minimum absolute atomic E-state index is 0. The van der Waals surface area contributed by atoms with Crippen LogP contribution in [0.1, 0.15) is 37.8 Å². The average Bonchev–Trinajstić information content (AvgIpc) is 2.54. The molecule has 1 fully saturated rings. The Morgan fingerprint density at radius 1 is 1.14 bits per heavy atom. The molecule has 0 saturated carbocycles. The van der Waals surface area contributed by atoms with Gasteiger partial charge < -0.3 is 5.32 Å². The summed E-state index contributed by atoms with van der Waals surface area (Å²) in [5.41, 5.74) is 2.38. The van der Waals surface area contributed by atoms with Gasteiger partial charge in [-0.05, 0) is 56.0 Å². The maximum atomic E-state index is 12.8. The molecule has 4 nitrogen and oxygen atoms in total. The second-order valence-corrected chi connectivity index (χ2v) is 7.54. The first kappa shape index (κ1) is 19.4. The Morgan fingerprint density at radius 2 is 1.73 bits per heavy atom. The lowest BCUT2D eigenvalue weighted by Crippen LogP contribution is -2.43. The normalized spacial score (nSPS) is 17.2. The molecule has 1 heterocycles. The summed E-state index contributed by atoms with van der Waals surface area (Å²) < 4.78 is 27.1. The fraction of sp³-hybridized carbons (Fsp3) is 0.625. The molecule has 6 heteroatoms. The standard InChI is InChI=1S/C16H26N2O2S.ClH/c1-4-13-6-7-16(12-14(13)5-2)21(19,20)18-10-8-15(17-3)9-11-18;/h6-7,12,15,17H,4-5,8-11H2,1-3H3;1H. The van der Waals surface area contributed by atoms with Gasteiger partial charge in [-0.3, -0.25) is 0 Å². The molecule has 1 aromatic rings. The smallest absolute Gasteiger partial charge is 0.243 e. The zero-order chi connectivity index (χ0) is 15.5. The van der Waals surface area contributed by atoms with Crippen LogP contribution >= 0.6 is 12.4 Å². The summed E-state index contributed by atoms with van der Waals surface area (Å²) in [6, 6.07) is 6.02. The van der Waals surface area contributed by atoms with Gasteiger partial charge in [0.25, 0.3) is 0 Å². The van der Waals surface area contributed by atoms with Crippen molar-refractivity contribution in [1.29, 1.82) is 0 Å². The van der Waals surface area contributed by atoms with Gasteiger partial charge in [0.2, 0.25) is 10.0 Å². The molecular weight excluding hydrogens is 320 g/mol. The molecule has 1 aromatic carbocycles. The quantitative estimate of drug-likeness (QED) is 0.891. The molecule has 0 aromatic heterocycles. The van der Waals surface area contributed by atoms with Crippen LogP contribution in [-0.4, -0.2) is 38.9 Å². The summed E-state index contributed by atoms with van der Waals surface area (Å²) in [4.78, 5) is 0.444. The van der Waals surface area contributed by atoms with Crippen LogP contribution < -0.4 is 5.32 Å². The van der Waals surface area contributed by atoms with E-state index in [4.69, 9.17) is 0 Å². The molecular formula is C16H27ClN2O2S. The van der Waals surface area contributed by atoms with Gasteiger partial charge in [0.15, 0.2) is 0 Å². The van der Waals surface area contributed by atoms with E-state index in [-0.39, 0.29) is 12.4 Å². The third-order valence-corrected chi connectivity index (χ3v) is 6.33. The molecule has 1 aliphatic heterocycles. The summed E-state index contributed by atoms with van der Waals surface area (Å²) in [6.07, 6.45) is 3.57. The zero-order valence-corrected chi connectivity index (χ0v) is 15.3. The molecule has 0 aliphatic carbocycles. The highest BCUT2D eigenvalue weighted by atomic mass is 35.5. The van der Waals surface area contributed by atoms with Gasteiger partial charge in [0, 0.05) is 19.1 Å². The van der Waals surface area contributed by atoms with Crippen LogP contribution in [0, 0.1) is 0 Å². The average molecular weight is 347 g/mol. The van der Waals surface area contributed by atoms with E-state index >= 15 is 0 Å². The van der Waals surface area contributed by atoms with Crippen LogP contribution in [0.15, 0.2) is 23.1 Å². The highest BCUT2D eigenvalue weighted by Gasteiger charge is 2.29. The van der Waals surface area contributed by atoms with E-state index in [0.29, 0.717) is 24.0 Å². The maximum Gasteiger partial charge on any atom is 0.243 e. The van der Waals surface area contributed by atoms with Crippen molar-refractivity contribution in [2.45, 2.75) is 50.5 Å². The van der Waals surface area contributed by atoms with Crippen LogP contribution in [0.3, 0.4) is 0 Å². The van der Waals surface area contributed by atoms with Crippen molar-refractivity contribution < 1.29 is 8.42 Å². The molecule has 0 amide bonds. The number of sulfonamides is 1. The van der Waals surface area contributed by atoms with E-state index in [1.54, 1.807) is 10.4 Å². The number of rotatable bonds is 5. The fourth-order valence-corrected chi connectivity index (χ4v) is 4.49. The van der Waals surface area contributed by atoms with Gasteiger partial charge in [0.05, 0.1) is 4.90 Å². The van der Waals surface area contributed by atoms with Gasteiger partial charge >= 0.3 is 0 Å². The number of nitrogens with one attached hydrogen (secondary N) is 1. The van der Waals surface area contributed by atoms with Crippen molar-refractivity contribution in [2.24, 2.45) is 0 Å². The predicted octanol–water partition coefficient (Wildman–Crippen LogP) is 2.61. The zero-order valence-electron chi connectivity index (χ0n) is 13.6. The molecule has 0 atom stereocenters. The number of hydrogen-bond donors (Lipinski definition) is 1. The number of aryl methyl sites for hydroxylation is 2. The number of nitrogens with zero attached hydrogens (tertiary/aromatic N) is 1. The van der Waals surface area contributed by atoms with Gasteiger partial charge in [-0.15, -0.1) is 12.4 Å². The molecule has 0 bridgehead atoms. The van der Waals surface area contributed by atoms with Crippen molar-refractivity contribution in [3.8, 4) is 0 Å². The first-order chi connectivity index (χ1) is 10.0. The van der Waals surface area contributed by atoms with Crippen molar-refractivity contribution >= 4 is 22.4 Å². The lowest BCUT2D eigenvalue weighted by molar-refractivity contribution is 0.298. The van der Waals surface area contributed by atoms with E-state index in [9.17, 15) is 8.42 Å². The highest BCUT2D eigenvalue weighted by molar-refractivity contribution is 7.89. The lowest BCUT2D eigenvalue weighted by Gasteiger charge is -2.31. The summed E-state index contributed by atoms with van der Waals surface area (Å²) in [5.74, 6) is 0. The first-order valence-electron chi connectivity index (χ1n) is 7.82. The molecule has 1 aliphatic rings. The summed E-state index contributed by atoms with van der Waals surface area (Å²) in [7, 11) is -1.41. The molecule has 1 N–H and O–H groups in total. The SMILES string of the molecule is CCc1ccc(S(=O)(=O)N2CCC(NC)CC2)cc1CC.Cl. The molecule has 0 unspecified atom stereocenters. The van der Waals surface area contributed by atoms with Crippen molar-refractivity contribution in [3.05, 3.63) is 29.3 Å². The third-order valence-electron chi connectivity index (χ3n) is 4.44. The number of piperidine rings is 1. The predicted molar refractivity (Wildman–Crippen MR) is 93.3 cm³/mol. The second-order valence-electron chi connectivity index (χ2n) is 5.60. The summed E-state index contributed by atoms with van der Waals surface area (Å²) >= 11 is 0. The largest absolute Gasteiger partial charge is 0.317 e. The fourth-order valence-electron chi connectivity index (χ4n) is 2.97. The Morgan fingerprint density at radius 3 is 2.23 bits per heavy atom. The van der Waals surface area contributed by atoms with Crippen LogP contribution in [0.2, 0.25) is 0 Å². The number of benzene rings is 1. The van der Waals surface area contributed by atoms with Gasteiger partial charge in [-0.2, -0.15) is 4.31 Å². The van der Waals surface area contributed by atoms with Gasteiger partial charge in [-0.1, -0.05) is 19.9 Å². The van der Waals surface area contributed by atoms with Gasteiger partial charge in [-0.25, -0.2) is 8.42 Å². The van der Waals surface area contributed by atoms with Gasteiger partial charge in [0.1, 0.15) is 0 Å². The monoisotopic (exact) mass is 346 g/mol. The minimum atomic E-state index is -3.35. The van der Waals surface area contributed by atoms with Crippen molar-refractivity contribution in [3.63, 3.8) is 0 Å².